The summed E-state index contributed by atoms with van der Waals surface area (Å²) in [5.74, 6) is -1.06. The van der Waals surface area contributed by atoms with Gasteiger partial charge in [0.15, 0.2) is 6.61 Å². The first-order valence-corrected chi connectivity index (χ1v) is 6.19. The van der Waals surface area contributed by atoms with Crippen molar-refractivity contribution in [1.29, 1.82) is 0 Å². The number of aliphatic hydroxyl groups excluding tert-OH is 1. The summed E-state index contributed by atoms with van der Waals surface area (Å²) in [5, 5.41) is 11.4. The van der Waals surface area contributed by atoms with E-state index in [0.29, 0.717) is 19.6 Å². The Balaban J connectivity index is 2.18. The Kier molecular flexibility index (Phi) is 5.98. The van der Waals surface area contributed by atoms with E-state index in [2.05, 4.69) is 16.6 Å². The molecule has 0 aromatic rings. The molecule has 3 amide bonds. The number of amides is 3. The van der Waals surface area contributed by atoms with Crippen LogP contribution in [0.15, 0.2) is 12.2 Å². The third-order valence-corrected chi connectivity index (χ3v) is 2.74. The molecule has 0 aliphatic carbocycles. The van der Waals surface area contributed by atoms with Crippen LogP contribution in [0.4, 0.5) is 4.79 Å². The number of esters is 1. The van der Waals surface area contributed by atoms with E-state index < -0.39 is 11.9 Å². The summed E-state index contributed by atoms with van der Waals surface area (Å²) in [6.07, 6.45) is 0. The number of carbonyl (C=O) groups is 3. The molecule has 0 spiro atoms. The van der Waals surface area contributed by atoms with Crippen molar-refractivity contribution in [3.8, 4) is 0 Å². The number of hydrogen-bond donors (Lipinski definition) is 2. The molecule has 0 unspecified atom stereocenters. The predicted octanol–water partition coefficient (Wildman–Crippen LogP) is -1.09. The molecular formula is C12H19N3O5. The van der Waals surface area contributed by atoms with E-state index in [0.717, 1.165) is 0 Å². The fourth-order valence-corrected chi connectivity index (χ4v) is 1.61. The van der Waals surface area contributed by atoms with E-state index in [1.807, 2.05) is 0 Å². The van der Waals surface area contributed by atoms with Crippen LogP contribution >= 0.6 is 0 Å². The summed E-state index contributed by atoms with van der Waals surface area (Å²) in [5.41, 5.74) is 0.226. The number of ether oxygens (including phenoxy) is 1. The maximum Gasteiger partial charge on any atom is 0.333 e. The molecule has 1 aliphatic heterocycles. The highest BCUT2D eigenvalue weighted by molar-refractivity contribution is 5.89. The summed E-state index contributed by atoms with van der Waals surface area (Å²) in [7, 11) is 0. The molecule has 1 aliphatic rings. The summed E-state index contributed by atoms with van der Waals surface area (Å²) in [6.45, 7) is 5.79. The molecule has 1 fully saturated rings. The molecule has 0 radical (unpaired) electrons. The fourth-order valence-electron chi connectivity index (χ4n) is 1.61. The monoisotopic (exact) mass is 285 g/mol. The van der Waals surface area contributed by atoms with Crippen molar-refractivity contribution in [2.75, 3.05) is 39.5 Å². The van der Waals surface area contributed by atoms with Gasteiger partial charge >= 0.3 is 12.0 Å². The van der Waals surface area contributed by atoms with Gasteiger partial charge in [0.2, 0.25) is 0 Å². The van der Waals surface area contributed by atoms with Crippen LogP contribution in [-0.2, 0) is 14.3 Å². The van der Waals surface area contributed by atoms with Gasteiger partial charge in [-0.1, -0.05) is 6.58 Å². The Labute approximate surface area is 117 Å². The van der Waals surface area contributed by atoms with Gasteiger partial charge in [-0.15, -0.1) is 0 Å². The quantitative estimate of drug-likeness (QED) is 0.457. The third-order valence-electron chi connectivity index (χ3n) is 2.74. The van der Waals surface area contributed by atoms with Gasteiger partial charge < -0.3 is 20.1 Å². The predicted molar refractivity (Wildman–Crippen MR) is 69.5 cm³/mol. The number of urea groups is 1. The molecule has 0 saturated carbocycles. The lowest BCUT2D eigenvalue weighted by atomic mass is 10.4. The number of hydrogen-bond acceptors (Lipinski definition) is 5. The number of nitrogens with one attached hydrogen (secondary N) is 1. The Morgan fingerprint density at radius 2 is 2.05 bits per heavy atom. The van der Waals surface area contributed by atoms with Gasteiger partial charge in [-0.25, -0.2) is 9.59 Å². The minimum absolute atomic E-state index is 0.226. The average molecular weight is 285 g/mol. The van der Waals surface area contributed by atoms with E-state index in [9.17, 15) is 14.4 Å². The van der Waals surface area contributed by atoms with Crippen LogP contribution in [0, 0.1) is 0 Å². The zero-order chi connectivity index (χ0) is 15.1. The average Bonchev–Trinajstić information content (AvgIpc) is 2.76. The van der Waals surface area contributed by atoms with Crippen LogP contribution in [-0.4, -0.2) is 72.3 Å². The lowest BCUT2D eigenvalue weighted by Crippen LogP contribution is -2.39. The smallest absolute Gasteiger partial charge is 0.333 e. The van der Waals surface area contributed by atoms with E-state index in [-0.39, 0.29) is 31.5 Å². The van der Waals surface area contributed by atoms with Gasteiger partial charge in [-0.05, 0) is 6.92 Å². The highest BCUT2D eigenvalue weighted by Crippen LogP contribution is 2.06. The lowest BCUT2D eigenvalue weighted by molar-refractivity contribution is -0.144. The van der Waals surface area contributed by atoms with Crippen LogP contribution in [0.1, 0.15) is 6.92 Å². The first-order valence-electron chi connectivity index (χ1n) is 6.19. The normalized spacial score (nSPS) is 14.4. The van der Waals surface area contributed by atoms with Crippen molar-refractivity contribution in [2.24, 2.45) is 0 Å². The first kappa shape index (κ1) is 16.0. The fraction of sp³-hybridized carbons (Fsp3) is 0.583. The van der Waals surface area contributed by atoms with Crippen LogP contribution in [0.2, 0.25) is 0 Å². The second-order valence-electron chi connectivity index (χ2n) is 4.38. The minimum Gasteiger partial charge on any atom is -0.452 e. The van der Waals surface area contributed by atoms with E-state index in [1.54, 1.807) is 0 Å². The molecule has 2 N–H and O–H groups in total. The van der Waals surface area contributed by atoms with Crippen molar-refractivity contribution in [2.45, 2.75) is 6.92 Å². The zero-order valence-electron chi connectivity index (χ0n) is 11.4. The summed E-state index contributed by atoms with van der Waals surface area (Å²) >= 11 is 0. The van der Waals surface area contributed by atoms with Crippen molar-refractivity contribution in [3.63, 3.8) is 0 Å². The molecule has 8 nitrogen and oxygen atoms in total. The topological polar surface area (TPSA) is 99.2 Å². The number of carbonyl (C=O) groups excluding carboxylic acids is 3. The molecule has 1 saturated heterocycles. The summed E-state index contributed by atoms with van der Waals surface area (Å²) in [6, 6.07) is -0.254. The Hall–Kier alpha value is -2.09. The molecule has 0 bridgehead atoms. The van der Waals surface area contributed by atoms with Crippen LogP contribution < -0.4 is 5.32 Å². The van der Waals surface area contributed by atoms with Gasteiger partial charge in [0.25, 0.3) is 5.91 Å². The van der Waals surface area contributed by atoms with Crippen molar-refractivity contribution >= 4 is 17.9 Å². The molecule has 8 heteroatoms. The summed E-state index contributed by atoms with van der Waals surface area (Å²) in [4.78, 5) is 36.9. The molecule has 1 rings (SSSR count). The molecule has 20 heavy (non-hydrogen) atoms. The van der Waals surface area contributed by atoms with Gasteiger partial charge in [-0.3, -0.25) is 9.69 Å². The molecule has 1 heterocycles. The Morgan fingerprint density at radius 3 is 2.60 bits per heavy atom. The van der Waals surface area contributed by atoms with E-state index in [4.69, 9.17) is 5.11 Å². The molecular weight excluding hydrogens is 266 g/mol. The highest BCUT2D eigenvalue weighted by Gasteiger charge is 2.27. The van der Waals surface area contributed by atoms with E-state index >= 15 is 0 Å². The van der Waals surface area contributed by atoms with Crippen LogP contribution in [0.3, 0.4) is 0 Å². The standard InChI is InChI=1S/C12H19N3O5/c1-9(2)11(18)20-7-10(17)13-3-4-14-5-6-15(8-16)12(14)19/h16H,1,3-8H2,2H3,(H,13,17). The zero-order valence-corrected chi connectivity index (χ0v) is 11.4. The number of rotatable bonds is 7. The maximum absolute atomic E-state index is 11.6. The van der Waals surface area contributed by atoms with Crippen LogP contribution in [0.25, 0.3) is 0 Å². The number of aliphatic hydroxyl groups is 1. The second kappa shape index (κ2) is 7.49. The van der Waals surface area contributed by atoms with Gasteiger partial charge in [0, 0.05) is 31.8 Å². The largest absolute Gasteiger partial charge is 0.452 e. The SMILES string of the molecule is C=C(C)C(=O)OCC(=O)NCCN1CCN(CO)C1=O. The van der Waals surface area contributed by atoms with Gasteiger partial charge in [0.1, 0.15) is 6.73 Å². The molecule has 112 valence electrons. The Morgan fingerprint density at radius 1 is 1.40 bits per heavy atom. The van der Waals surface area contributed by atoms with Crippen LogP contribution in [0.5, 0.6) is 0 Å². The van der Waals surface area contributed by atoms with Crippen molar-refractivity contribution in [1.82, 2.24) is 15.1 Å². The highest BCUT2D eigenvalue weighted by atomic mass is 16.5. The van der Waals surface area contributed by atoms with E-state index in [1.165, 1.54) is 16.7 Å². The minimum atomic E-state index is -0.617. The third kappa shape index (κ3) is 4.54. The Bertz CT molecular complexity index is 410. The summed E-state index contributed by atoms with van der Waals surface area (Å²) < 4.78 is 4.67. The number of nitrogens with zero attached hydrogens (tertiary/aromatic N) is 2. The van der Waals surface area contributed by atoms with Crippen molar-refractivity contribution in [3.05, 3.63) is 12.2 Å². The molecule has 0 atom stereocenters. The van der Waals surface area contributed by atoms with Gasteiger partial charge in [0.05, 0.1) is 0 Å². The first-order chi connectivity index (χ1) is 9.45. The molecule has 0 aromatic carbocycles. The lowest BCUT2D eigenvalue weighted by Gasteiger charge is -2.17. The van der Waals surface area contributed by atoms with Gasteiger partial charge in [-0.2, -0.15) is 0 Å². The second-order valence-corrected chi connectivity index (χ2v) is 4.38. The van der Waals surface area contributed by atoms with Crippen molar-refractivity contribution < 1.29 is 24.2 Å². The molecule has 0 aromatic heterocycles. The maximum atomic E-state index is 11.6.